The second kappa shape index (κ2) is 29.3. The highest BCUT2D eigenvalue weighted by atomic mass is 79.9. The van der Waals surface area contributed by atoms with Gasteiger partial charge in [0.05, 0.1) is 33.6 Å². The van der Waals surface area contributed by atoms with Gasteiger partial charge in [0, 0.05) is 107 Å². The molecule has 0 aliphatic rings. The Hall–Kier alpha value is -13.1. The van der Waals surface area contributed by atoms with E-state index < -0.39 is 66.7 Å². The van der Waals surface area contributed by atoms with E-state index in [-0.39, 0.29) is 57.2 Å². The number of carbonyl (C=O) groups excluding carboxylic acids is 1. The molecule has 6 aromatic carbocycles. The number of rotatable bonds is 13. The highest BCUT2D eigenvalue weighted by Gasteiger charge is 2.32. The van der Waals surface area contributed by atoms with Gasteiger partial charge in [-0.3, -0.25) is 47.4 Å². The first-order valence-electron chi connectivity index (χ1n) is 32.6. The van der Waals surface area contributed by atoms with Crippen LogP contribution in [0.4, 0.5) is 55.7 Å². The van der Waals surface area contributed by atoms with Crippen LogP contribution < -0.4 is 41.9 Å². The number of nitrogens with zero attached hydrogens (tertiary/aromatic N) is 15. The summed E-state index contributed by atoms with van der Waals surface area (Å²) in [5.41, 5.74) is 11.1. The number of carbonyl (C=O) groups is 1. The third-order valence-electron chi connectivity index (χ3n) is 15.9. The first-order chi connectivity index (χ1) is 51.6. The van der Waals surface area contributed by atoms with Gasteiger partial charge >= 0.3 is 24.6 Å². The summed E-state index contributed by atoms with van der Waals surface area (Å²) in [5, 5.41) is 18.1. The molecule has 15 aromatic rings. The zero-order chi connectivity index (χ0) is 77.6. The molecule has 0 bridgehead atoms. The predicted molar refractivity (Wildman–Crippen MR) is 391 cm³/mol. The van der Waals surface area contributed by atoms with Crippen LogP contribution in [0.25, 0.3) is 117 Å². The lowest BCUT2D eigenvalue weighted by atomic mass is 10.1. The first kappa shape index (κ1) is 74.2. The van der Waals surface area contributed by atoms with Crippen molar-refractivity contribution in [3.8, 4) is 68.5 Å². The van der Waals surface area contributed by atoms with Crippen LogP contribution in [0.15, 0.2) is 201 Å². The van der Waals surface area contributed by atoms with Crippen LogP contribution in [0, 0.1) is 0 Å². The van der Waals surface area contributed by atoms with Gasteiger partial charge in [0.25, 0.3) is 16.7 Å². The molecule has 9 heterocycles. The average molecular weight is 1560 g/mol. The zero-order valence-electron chi connectivity index (χ0n) is 57.8. The SMILES string of the molecule is Cn1cc2cc(-c3nc4ccc(OCC(F)(F)F)nc4n(-c4ccc(Br)cc4)c3=O)ccc2n1.Cn1cc2cc(-c3nc4ccc(OCC(F)(F)F)nc4n(-c4ccc(N)cc4)c3=O)ccc2n1.Cn1cc2cc(-c3nc4ccc(OCC(F)(F)F)nc4n(-c4ccc(NC(=O)OC(C)(C)C)cc4)c3=O)ccc2n1. The number of hydrogen-bond donors (Lipinski definition) is 2. The summed E-state index contributed by atoms with van der Waals surface area (Å²) in [7, 11) is 5.39. The van der Waals surface area contributed by atoms with Gasteiger partial charge < -0.3 is 24.7 Å². The molecule has 0 aliphatic carbocycles. The second-order valence-electron chi connectivity index (χ2n) is 25.5. The number of hydrogen-bond acceptors (Lipinski definition) is 18. The molecule has 0 aliphatic heterocycles. The fraction of sp³-hybridized carbons (Fsp3) is 0.176. The van der Waals surface area contributed by atoms with Crippen LogP contribution in [0.2, 0.25) is 0 Å². The number of anilines is 2. The normalized spacial score (nSPS) is 12.0. The lowest BCUT2D eigenvalue weighted by Crippen LogP contribution is -2.27. The number of amides is 1. The molecule has 109 heavy (non-hydrogen) atoms. The number of alkyl halides is 9. The van der Waals surface area contributed by atoms with Crippen LogP contribution >= 0.6 is 15.9 Å². The molecule has 15 rings (SSSR count). The van der Waals surface area contributed by atoms with Crippen molar-refractivity contribution in [2.75, 3.05) is 30.9 Å². The summed E-state index contributed by atoms with van der Waals surface area (Å²) >= 11 is 3.36. The zero-order valence-corrected chi connectivity index (χ0v) is 59.4. The molecule has 0 spiro atoms. The van der Waals surface area contributed by atoms with Crippen LogP contribution in [-0.2, 0) is 25.9 Å². The molecule has 1 amide bonds. The lowest BCUT2D eigenvalue weighted by Gasteiger charge is -2.19. The van der Waals surface area contributed by atoms with E-state index in [9.17, 15) is 58.7 Å². The number of benzene rings is 6. The first-order valence-corrected chi connectivity index (χ1v) is 33.3. The molecule has 0 atom stereocenters. The average Bonchev–Trinajstić information content (AvgIpc) is 1.01. The number of aryl methyl sites for hydroxylation is 3. The number of nitrogens with one attached hydrogen (secondary N) is 1. The van der Waals surface area contributed by atoms with Crippen molar-refractivity contribution in [3.05, 3.63) is 218 Å². The van der Waals surface area contributed by atoms with Crippen molar-refractivity contribution in [3.63, 3.8) is 0 Å². The minimum absolute atomic E-state index is 0.00580. The van der Waals surface area contributed by atoms with Gasteiger partial charge in [-0.15, -0.1) is 0 Å². The Morgan fingerprint density at radius 1 is 0.422 bits per heavy atom. The Balaban J connectivity index is 0.000000145. The van der Waals surface area contributed by atoms with Crippen molar-refractivity contribution in [2.24, 2.45) is 21.1 Å². The fourth-order valence-electron chi connectivity index (χ4n) is 11.3. The van der Waals surface area contributed by atoms with Gasteiger partial charge in [0.15, 0.2) is 36.8 Å². The second-order valence-corrected chi connectivity index (χ2v) is 26.4. The van der Waals surface area contributed by atoms with E-state index >= 15 is 0 Å². The Morgan fingerprint density at radius 3 is 1.04 bits per heavy atom. The van der Waals surface area contributed by atoms with E-state index in [4.69, 9.17) is 24.7 Å². The van der Waals surface area contributed by atoms with Gasteiger partial charge in [-0.05, 0) is 148 Å². The number of nitrogens with two attached hydrogens (primary N) is 1. The molecule has 0 saturated carbocycles. The third kappa shape index (κ3) is 17.3. The summed E-state index contributed by atoms with van der Waals surface area (Å²) in [6.45, 7) is 0.663. The molecule has 35 heteroatoms. The van der Waals surface area contributed by atoms with Gasteiger partial charge in [0.2, 0.25) is 17.6 Å². The smallest absolute Gasteiger partial charge is 0.422 e. The van der Waals surface area contributed by atoms with E-state index in [1.165, 1.54) is 50.1 Å². The largest absolute Gasteiger partial charge is 0.468 e. The van der Waals surface area contributed by atoms with Crippen LogP contribution in [-0.4, -0.2) is 123 Å². The molecule has 0 fully saturated rings. The molecule has 0 saturated heterocycles. The van der Waals surface area contributed by atoms with Crippen LogP contribution in [0.1, 0.15) is 20.8 Å². The van der Waals surface area contributed by atoms with E-state index in [0.29, 0.717) is 56.2 Å². The molecule has 0 unspecified atom stereocenters. The summed E-state index contributed by atoms with van der Waals surface area (Å²) in [4.78, 5) is 79.4. The molecule has 3 N–H and O–H groups in total. The van der Waals surface area contributed by atoms with Crippen molar-refractivity contribution in [1.82, 2.24) is 72.9 Å². The van der Waals surface area contributed by atoms with E-state index in [0.717, 1.165) is 37.2 Å². The number of halogens is 10. The Labute approximate surface area is 616 Å². The van der Waals surface area contributed by atoms with Crippen molar-refractivity contribution >= 4 is 99.6 Å². The Bertz CT molecular complexity index is 5950. The highest BCUT2D eigenvalue weighted by Crippen LogP contribution is 2.31. The predicted octanol–water partition coefficient (Wildman–Crippen LogP) is 14.5. The minimum Gasteiger partial charge on any atom is -0.468 e. The molecular formula is C74H57BrF9N17O8. The topological polar surface area (TPSA) is 289 Å². The summed E-state index contributed by atoms with van der Waals surface area (Å²) in [6, 6.07) is 43.8. The molecule has 556 valence electrons. The van der Waals surface area contributed by atoms with Gasteiger partial charge in [-0.1, -0.05) is 34.1 Å². The van der Waals surface area contributed by atoms with E-state index in [2.05, 4.69) is 66.4 Å². The molecule has 25 nitrogen and oxygen atoms in total. The van der Waals surface area contributed by atoms with Crippen molar-refractivity contribution in [2.45, 2.75) is 44.9 Å². The number of nitrogen functional groups attached to an aromatic ring is 1. The summed E-state index contributed by atoms with van der Waals surface area (Å²) in [6.07, 6.45) is -8.81. The number of ether oxygens (including phenoxy) is 4. The van der Waals surface area contributed by atoms with E-state index in [1.54, 1.807) is 183 Å². The quantitative estimate of drug-likeness (QED) is 0.0801. The third-order valence-corrected chi connectivity index (χ3v) is 16.4. The monoisotopic (exact) mass is 1560 g/mol. The van der Waals surface area contributed by atoms with Gasteiger partial charge in [-0.2, -0.15) is 69.8 Å². The maximum atomic E-state index is 13.9. The summed E-state index contributed by atoms with van der Waals surface area (Å²) in [5.74, 6) is -0.862. The number of fused-ring (bicyclic) bond motifs is 6. The lowest BCUT2D eigenvalue weighted by molar-refractivity contribution is -0.154. The summed E-state index contributed by atoms with van der Waals surface area (Å²) < 4.78 is 143. The minimum atomic E-state index is -4.57. The number of aromatic nitrogens is 15. The Kier molecular flexibility index (Phi) is 20.0. The van der Waals surface area contributed by atoms with Crippen LogP contribution in [0.5, 0.6) is 17.6 Å². The fourth-order valence-corrected chi connectivity index (χ4v) is 11.6. The standard InChI is InChI=1S/C28H25F3N6O4.C23H15BrF3N5O2.C23H17F3N6O2/c1-27(2,3)41-26(39)32-18-6-8-19(9-7-18)37-24-21(11-12-22(34-24)40-15-28(29,30)31)33-23(25(37)38)16-5-10-20-17(13-16)14-36(4)35-20;1-31-11-14-10-13(2-7-17(14)30-31)20-22(33)32(16-5-3-15(24)4-6-16)21-18(28-20)8-9-19(29-21)34-12-23(25,26)27;1-31-11-14-10-13(2-7-17(14)30-31)20-22(33)32(16-5-3-15(27)4-6-16)21-18(28-20)8-9-19(29-21)34-12-23(24,25)26/h5-14H,15H2,1-4H3,(H,32,39);2-11H,12H2,1H3;2-11H,12,27H2,1H3. The van der Waals surface area contributed by atoms with Crippen molar-refractivity contribution in [1.29, 1.82) is 0 Å². The maximum Gasteiger partial charge on any atom is 0.422 e. The van der Waals surface area contributed by atoms with Gasteiger partial charge in [-0.25, -0.2) is 19.7 Å². The van der Waals surface area contributed by atoms with Crippen molar-refractivity contribution < 1.29 is 63.3 Å². The Morgan fingerprint density at radius 2 is 0.725 bits per heavy atom. The van der Waals surface area contributed by atoms with Gasteiger partial charge in [0.1, 0.15) is 39.2 Å². The highest BCUT2D eigenvalue weighted by molar-refractivity contribution is 9.10. The van der Waals surface area contributed by atoms with Crippen LogP contribution in [0.3, 0.4) is 0 Å². The van der Waals surface area contributed by atoms with E-state index in [1.807, 2.05) is 18.5 Å². The molecular weight excluding hydrogens is 1510 g/mol. The molecule has 0 radical (unpaired) electrons. The molecule has 9 aromatic heterocycles. The number of pyridine rings is 3. The maximum absolute atomic E-state index is 13.9.